The number of nitrogens with one attached hydrogen (secondary N) is 1. The zero-order valence-corrected chi connectivity index (χ0v) is 20.9. The lowest BCUT2D eigenvalue weighted by atomic mass is 9.68. The van der Waals surface area contributed by atoms with Crippen molar-refractivity contribution in [1.29, 1.82) is 0 Å². The molecule has 1 aliphatic rings. The fourth-order valence-electron chi connectivity index (χ4n) is 5.43. The van der Waals surface area contributed by atoms with Gasteiger partial charge in [0, 0.05) is 53.4 Å². The van der Waals surface area contributed by atoms with Crippen LogP contribution in [0.3, 0.4) is 0 Å². The molecule has 1 N–H and O–H groups in total. The van der Waals surface area contributed by atoms with E-state index in [1.807, 2.05) is 19.2 Å². The number of halogens is 2. The van der Waals surface area contributed by atoms with Gasteiger partial charge in [-0.3, -0.25) is 0 Å². The van der Waals surface area contributed by atoms with Crippen molar-refractivity contribution < 1.29 is 0 Å². The van der Waals surface area contributed by atoms with E-state index < -0.39 is 0 Å². The van der Waals surface area contributed by atoms with Gasteiger partial charge in [0.05, 0.1) is 0 Å². The summed E-state index contributed by atoms with van der Waals surface area (Å²) in [6.07, 6.45) is 0.922. The van der Waals surface area contributed by atoms with Crippen LogP contribution in [0.2, 0.25) is 10.0 Å². The standard InChI is InChI=1S/C30H28Cl2N2/c1-33-23-14-16-24(26(32)19-23)30-25-15-13-22(31)18-27(25)34(2)28(17-20-9-5-3-6-10-20)29(30)21-11-7-4-8-12-21/h3-16,18-19,28-30,33H,17H2,1-2H3/t28-,29-,30+/m0/s1. The van der Waals surface area contributed by atoms with Gasteiger partial charge in [-0.05, 0) is 52.9 Å². The maximum atomic E-state index is 6.96. The van der Waals surface area contributed by atoms with Gasteiger partial charge in [-0.25, -0.2) is 0 Å². The molecule has 4 aromatic rings. The van der Waals surface area contributed by atoms with Crippen LogP contribution in [-0.2, 0) is 6.42 Å². The largest absolute Gasteiger partial charge is 0.388 e. The number of fused-ring (bicyclic) bond motifs is 1. The molecule has 2 nitrogen and oxygen atoms in total. The topological polar surface area (TPSA) is 15.3 Å². The summed E-state index contributed by atoms with van der Waals surface area (Å²) in [7, 11) is 4.11. The quantitative estimate of drug-likeness (QED) is 0.307. The third-order valence-electron chi connectivity index (χ3n) is 7.07. The zero-order valence-electron chi connectivity index (χ0n) is 19.4. The van der Waals surface area contributed by atoms with E-state index in [0.29, 0.717) is 0 Å². The van der Waals surface area contributed by atoms with E-state index >= 15 is 0 Å². The minimum atomic E-state index is 0.0954. The SMILES string of the molecule is CNc1ccc([C@@H]2c3ccc(Cl)cc3N(C)[C@@H](Cc3ccccc3)[C@@H]2c2ccccc2)c(Cl)c1. The number of anilines is 2. The molecule has 0 radical (unpaired) electrons. The van der Waals surface area contributed by atoms with Crippen LogP contribution in [0.15, 0.2) is 97.1 Å². The minimum absolute atomic E-state index is 0.0954. The monoisotopic (exact) mass is 486 g/mol. The third kappa shape index (κ3) is 4.29. The second-order valence-electron chi connectivity index (χ2n) is 8.97. The normalized spacial score (nSPS) is 19.5. The zero-order chi connectivity index (χ0) is 23.7. The van der Waals surface area contributed by atoms with Crippen molar-refractivity contribution in [1.82, 2.24) is 0 Å². The Morgan fingerprint density at radius 1 is 0.794 bits per heavy atom. The lowest BCUT2D eigenvalue weighted by Gasteiger charge is -2.47. The van der Waals surface area contributed by atoms with Gasteiger partial charge in [0.15, 0.2) is 0 Å². The molecule has 172 valence electrons. The van der Waals surface area contributed by atoms with Gasteiger partial charge in [-0.1, -0.05) is 96.0 Å². The molecule has 0 saturated carbocycles. The highest BCUT2D eigenvalue weighted by molar-refractivity contribution is 6.32. The van der Waals surface area contributed by atoms with Gasteiger partial charge in [0.1, 0.15) is 0 Å². The van der Waals surface area contributed by atoms with Crippen LogP contribution in [0.5, 0.6) is 0 Å². The molecule has 0 amide bonds. The number of rotatable bonds is 5. The molecular formula is C30H28Cl2N2. The molecule has 4 aromatic carbocycles. The second kappa shape index (κ2) is 9.74. The van der Waals surface area contributed by atoms with Gasteiger partial charge in [-0.15, -0.1) is 0 Å². The fourth-order valence-corrected chi connectivity index (χ4v) is 5.89. The predicted molar refractivity (Wildman–Crippen MR) is 146 cm³/mol. The number of likely N-dealkylation sites (N-methyl/N-ethyl adjacent to an activating group) is 1. The molecule has 0 aromatic heterocycles. The number of benzene rings is 4. The molecule has 0 aliphatic carbocycles. The average Bonchev–Trinajstić information content (AvgIpc) is 2.87. The highest BCUT2D eigenvalue weighted by Gasteiger charge is 2.42. The van der Waals surface area contributed by atoms with Gasteiger partial charge in [0.2, 0.25) is 0 Å². The smallest absolute Gasteiger partial charge is 0.0465 e. The summed E-state index contributed by atoms with van der Waals surface area (Å²) < 4.78 is 0. The highest BCUT2D eigenvalue weighted by atomic mass is 35.5. The Bertz CT molecular complexity index is 1270. The van der Waals surface area contributed by atoms with Gasteiger partial charge in [-0.2, -0.15) is 0 Å². The maximum Gasteiger partial charge on any atom is 0.0465 e. The highest BCUT2D eigenvalue weighted by Crippen LogP contribution is 2.52. The van der Waals surface area contributed by atoms with Gasteiger partial charge in [0.25, 0.3) is 0 Å². The molecule has 0 spiro atoms. The van der Waals surface area contributed by atoms with Crippen LogP contribution in [0, 0.1) is 0 Å². The summed E-state index contributed by atoms with van der Waals surface area (Å²) in [5.74, 6) is 0.302. The number of hydrogen-bond donors (Lipinski definition) is 1. The first kappa shape index (κ1) is 22.8. The summed E-state index contributed by atoms with van der Waals surface area (Å²) in [5, 5.41) is 4.73. The Labute approximate surface area is 212 Å². The predicted octanol–water partition coefficient (Wildman–Crippen LogP) is 8.01. The first-order chi connectivity index (χ1) is 16.6. The molecule has 3 atom stereocenters. The van der Waals surface area contributed by atoms with Crippen molar-refractivity contribution in [2.75, 3.05) is 24.3 Å². The Balaban J connectivity index is 1.74. The molecule has 1 aliphatic heterocycles. The van der Waals surface area contributed by atoms with Crippen LogP contribution in [0.4, 0.5) is 11.4 Å². The molecule has 4 heteroatoms. The van der Waals surface area contributed by atoms with Crippen molar-refractivity contribution in [2.24, 2.45) is 0 Å². The van der Waals surface area contributed by atoms with Crippen molar-refractivity contribution in [3.8, 4) is 0 Å². The first-order valence-electron chi connectivity index (χ1n) is 11.6. The molecule has 0 fully saturated rings. The molecule has 1 heterocycles. The van der Waals surface area contributed by atoms with Crippen LogP contribution >= 0.6 is 23.2 Å². The molecule has 0 unspecified atom stereocenters. The van der Waals surface area contributed by atoms with Crippen LogP contribution < -0.4 is 10.2 Å². The third-order valence-corrected chi connectivity index (χ3v) is 7.64. The van der Waals surface area contributed by atoms with E-state index in [0.717, 1.165) is 27.7 Å². The van der Waals surface area contributed by atoms with E-state index in [1.165, 1.54) is 22.4 Å². The van der Waals surface area contributed by atoms with Gasteiger partial charge < -0.3 is 10.2 Å². The van der Waals surface area contributed by atoms with E-state index in [4.69, 9.17) is 23.2 Å². The number of hydrogen-bond acceptors (Lipinski definition) is 2. The summed E-state index contributed by atoms with van der Waals surface area (Å²) in [6.45, 7) is 0. The van der Waals surface area contributed by atoms with E-state index in [-0.39, 0.29) is 17.9 Å². The van der Waals surface area contributed by atoms with Crippen molar-refractivity contribution in [2.45, 2.75) is 24.3 Å². The first-order valence-corrected chi connectivity index (χ1v) is 12.4. The van der Waals surface area contributed by atoms with Crippen molar-refractivity contribution in [3.63, 3.8) is 0 Å². The molecular weight excluding hydrogens is 459 g/mol. The Kier molecular flexibility index (Phi) is 6.54. The molecule has 5 rings (SSSR count). The minimum Gasteiger partial charge on any atom is -0.388 e. The van der Waals surface area contributed by atoms with E-state index in [9.17, 15) is 0 Å². The molecule has 0 bridgehead atoms. The number of nitrogens with zero attached hydrogens (tertiary/aromatic N) is 1. The summed E-state index contributed by atoms with van der Waals surface area (Å²) in [4.78, 5) is 2.41. The lowest BCUT2D eigenvalue weighted by molar-refractivity contribution is 0.443. The van der Waals surface area contributed by atoms with E-state index in [2.05, 4.69) is 102 Å². The van der Waals surface area contributed by atoms with Crippen molar-refractivity contribution >= 4 is 34.6 Å². The van der Waals surface area contributed by atoms with Crippen molar-refractivity contribution in [3.05, 3.63) is 129 Å². The Morgan fingerprint density at radius 3 is 2.15 bits per heavy atom. The Morgan fingerprint density at radius 2 is 1.47 bits per heavy atom. The molecule has 34 heavy (non-hydrogen) atoms. The Hall–Kier alpha value is -2.94. The maximum absolute atomic E-state index is 6.96. The summed E-state index contributed by atoms with van der Waals surface area (Å²) in [6, 6.07) is 34.4. The van der Waals surface area contributed by atoms with Crippen LogP contribution in [0.25, 0.3) is 0 Å². The average molecular weight is 487 g/mol. The summed E-state index contributed by atoms with van der Waals surface area (Å²) >= 11 is 13.5. The van der Waals surface area contributed by atoms with Crippen LogP contribution in [-0.4, -0.2) is 20.1 Å². The van der Waals surface area contributed by atoms with Gasteiger partial charge >= 0.3 is 0 Å². The van der Waals surface area contributed by atoms with E-state index in [1.54, 1.807) is 0 Å². The second-order valence-corrected chi connectivity index (χ2v) is 9.82. The summed E-state index contributed by atoms with van der Waals surface area (Å²) in [5.41, 5.74) is 7.21. The fraction of sp³-hybridized carbons (Fsp3) is 0.200. The molecule has 0 saturated heterocycles. The van der Waals surface area contributed by atoms with Crippen LogP contribution in [0.1, 0.15) is 34.1 Å². The lowest BCUT2D eigenvalue weighted by Crippen LogP contribution is -2.45.